The number of hydrogen-bond acceptors (Lipinski definition) is 6. The molecule has 0 fully saturated rings. The largest absolute Gasteiger partial charge is 0.493 e. The van der Waals surface area contributed by atoms with Crippen LogP contribution < -0.4 is 23.8 Å². The Hall–Kier alpha value is -3.72. The number of rotatable bonds is 7. The number of ether oxygens (including phenoxy) is 3. The van der Waals surface area contributed by atoms with Gasteiger partial charge in [0.2, 0.25) is 0 Å². The SMILES string of the molecule is COc1ccc(CNC(=O)[C@@H]2CN(S(=O)(=O)c3ccc(C)cc3)c3cc(C)ccc3O2)cc1OC. The number of nitrogens with one attached hydrogen (secondary N) is 1. The van der Waals surface area contributed by atoms with E-state index in [0.29, 0.717) is 22.9 Å². The smallest absolute Gasteiger partial charge is 0.264 e. The van der Waals surface area contributed by atoms with Crippen molar-refractivity contribution in [2.24, 2.45) is 0 Å². The first kappa shape index (κ1) is 24.4. The van der Waals surface area contributed by atoms with Crippen LogP contribution in [0.25, 0.3) is 0 Å². The fourth-order valence-electron chi connectivity index (χ4n) is 3.86. The molecule has 35 heavy (non-hydrogen) atoms. The fourth-order valence-corrected chi connectivity index (χ4v) is 5.32. The molecule has 0 aromatic heterocycles. The predicted octanol–water partition coefficient (Wildman–Crippen LogP) is 3.59. The third-order valence-electron chi connectivity index (χ3n) is 5.80. The zero-order valence-corrected chi connectivity index (χ0v) is 20.9. The van der Waals surface area contributed by atoms with Crippen molar-refractivity contribution in [3.05, 3.63) is 77.4 Å². The van der Waals surface area contributed by atoms with Crippen molar-refractivity contribution in [2.45, 2.75) is 31.4 Å². The average Bonchev–Trinajstić information content (AvgIpc) is 2.86. The highest BCUT2D eigenvalue weighted by molar-refractivity contribution is 7.92. The minimum Gasteiger partial charge on any atom is -0.493 e. The van der Waals surface area contributed by atoms with Crippen LogP contribution in [0, 0.1) is 13.8 Å². The number of amides is 1. The van der Waals surface area contributed by atoms with E-state index in [-0.39, 0.29) is 18.0 Å². The molecule has 0 saturated carbocycles. The molecule has 0 radical (unpaired) electrons. The lowest BCUT2D eigenvalue weighted by Crippen LogP contribution is -2.50. The Balaban J connectivity index is 1.58. The molecule has 0 aliphatic carbocycles. The van der Waals surface area contributed by atoms with E-state index < -0.39 is 22.0 Å². The molecular weight excluding hydrogens is 468 g/mol. The zero-order valence-electron chi connectivity index (χ0n) is 20.1. The van der Waals surface area contributed by atoms with Gasteiger partial charge in [-0.15, -0.1) is 0 Å². The second kappa shape index (κ2) is 9.87. The molecule has 0 saturated heterocycles. The van der Waals surface area contributed by atoms with E-state index in [4.69, 9.17) is 14.2 Å². The minimum absolute atomic E-state index is 0.148. The van der Waals surface area contributed by atoms with E-state index in [2.05, 4.69) is 5.32 Å². The second-order valence-electron chi connectivity index (χ2n) is 8.33. The van der Waals surface area contributed by atoms with Crippen molar-refractivity contribution < 1.29 is 27.4 Å². The van der Waals surface area contributed by atoms with Crippen LogP contribution in [0.2, 0.25) is 0 Å². The van der Waals surface area contributed by atoms with Crippen molar-refractivity contribution in [2.75, 3.05) is 25.1 Å². The first-order valence-electron chi connectivity index (χ1n) is 11.1. The van der Waals surface area contributed by atoms with Crippen LogP contribution in [0.3, 0.4) is 0 Å². The molecule has 0 spiro atoms. The third-order valence-corrected chi connectivity index (χ3v) is 7.59. The lowest BCUT2D eigenvalue weighted by Gasteiger charge is -2.35. The lowest BCUT2D eigenvalue weighted by molar-refractivity contribution is -0.127. The van der Waals surface area contributed by atoms with Crippen LogP contribution in [-0.2, 0) is 21.4 Å². The highest BCUT2D eigenvalue weighted by Crippen LogP contribution is 2.38. The normalized spacial score (nSPS) is 15.1. The summed E-state index contributed by atoms with van der Waals surface area (Å²) in [6, 6.07) is 17.2. The van der Waals surface area contributed by atoms with Crippen LogP contribution in [-0.4, -0.2) is 41.2 Å². The van der Waals surface area contributed by atoms with Gasteiger partial charge in [-0.25, -0.2) is 8.42 Å². The molecule has 9 heteroatoms. The summed E-state index contributed by atoms with van der Waals surface area (Å²) in [5.41, 5.74) is 3.05. The number of carbonyl (C=O) groups is 1. The minimum atomic E-state index is -3.92. The van der Waals surface area contributed by atoms with Gasteiger partial charge in [0.1, 0.15) is 5.75 Å². The van der Waals surface area contributed by atoms with E-state index in [1.54, 1.807) is 55.6 Å². The monoisotopic (exact) mass is 496 g/mol. The average molecular weight is 497 g/mol. The Morgan fingerprint density at radius 1 is 0.971 bits per heavy atom. The summed E-state index contributed by atoms with van der Waals surface area (Å²) in [6.07, 6.45) is -1.02. The molecule has 0 bridgehead atoms. The summed E-state index contributed by atoms with van der Waals surface area (Å²) >= 11 is 0. The Labute approximate surface area is 205 Å². The zero-order chi connectivity index (χ0) is 25.2. The number of nitrogens with zero attached hydrogens (tertiary/aromatic N) is 1. The van der Waals surface area contributed by atoms with E-state index in [0.717, 1.165) is 16.7 Å². The maximum absolute atomic E-state index is 13.6. The quantitative estimate of drug-likeness (QED) is 0.537. The van der Waals surface area contributed by atoms with E-state index >= 15 is 0 Å². The Morgan fingerprint density at radius 2 is 1.66 bits per heavy atom. The van der Waals surface area contributed by atoms with Crippen molar-refractivity contribution in [3.8, 4) is 17.2 Å². The highest BCUT2D eigenvalue weighted by Gasteiger charge is 2.37. The number of sulfonamides is 1. The summed E-state index contributed by atoms with van der Waals surface area (Å²) in [5, 5.41) is 2.84. The number of fused-ring (bicyclic) bond motifs is 1. The van der Waals surface area contributed by atoms with Crippen molar-refractivity contribution in [3.63, 3.8) is 0 Å². The number of anilines is 1. The molecule has 4 rings (SSSR count). The van der Waals surface area contributed by atoms with Gasteiger partial charge < -0.3 is 19.5 Å². The van der Waals surface area contributed by atoms with E-state index in [1.807, 2.05) is 26.0 Å². The molecule has 1 N–H and O–H groups in total. The van der Waals surface area contributed by atoms with Gasteiger partial charge >= 0.3 is 0 Å². The molecule has 3 aromatic carbocycles. The summed E-state index contributed by atoms with van der Waals surface area (Å²) in [6.45, 7) is 3.83. The van der Waals surface area contributed by atoms with Crippen LogP contribution in [0.4, 0.5) is 5.69 Å². The van der Waals surface area contributed by atoms with E-state index in [9.17, 15) is 13.2 Å². The van der Waals surface area contributed by atoms with Gasteiger partial charge in [0.15, 0.2) is 17.6 Å². The highest BCUT2D eigenvalue weighted by atomic mass is 32.2. The van der Waals surface area contributed by atoms with Gasteiger partial charge in [-0.2, -0.15) is 0 Å². The summed E-state index contributed by atoms with van der Waals surface area (Å²) in [7, 11) is -0.825. The lowest BCUT2D eigenvalue weighted by atomic mass is 10.1. The first-order chi connectivity index (χ1) is 16.7. The van der Waals surface area contributed by atoms with Crippen LogP contribution in [0.5, 0.6) is 17.2 Å². The van der Waals surface area contributed by atoms with Crippen LogP contribution in [0.1, 0.15) is 16.7 Å². The molecule has 1 amide bonds. The van der Waals surface area contributed by atoms with Gasteiger partial charge in [0.25, 0.3) is 15.9 Å². The van der Waals surface area contributed by atoms with Gasteiger partial charge in [0.05, 0.1) is 31.3 Å². The standard InChI is InChI=1S/C26H28N2O6S/c1-17-5-9-20(10-6-17)35(30,31)28-16-25(34-22-11-7-18(2)13-21(22)28)26(29)27-15-19-8-12-23(32-3)24(14-19)33-4/h5-14,25H,15-16H2,1-4H3,(H,27,29)/t25-/m0/s1. The molecule has 1 aliphatic heterocycles. The fraction of sp³-hybridized carbons (Fsp3) is 0.269. The molecule has 1 heterocycles. The van der Waals surface area contributed by atoms with Gasteiger partial charge in [-0.05, 0) is 61.4 Å². The molecule has 1 atom stereocenters. The summed E-state index contributed by atoms with van der Waals surface area (Å²) < 4.78 is 44.9. The Morgan fingerprint density at radius 3 is 2.34 bits per heavy atom. The molecular formula is C26H28N2O6S. The maximum Gasteiger partial charge on any atom is 0.264 e. The number of carbonyl (C=O) groups excluding carboxylic acids is 1. The van der Waals surface area contributed by atoms with Gasteiger partial charge in [-0.3, -0.25) is 9.10 Å². The predicted molar refractivity (Wildman–Crippen MR) is 133 cm³/mol. The molecule has 184 valence electrons. The number of hydrogen-bond donors (Lipinski definition) is 1. The first-order valence-corrected chi connectivity index (χ1v) is 12.5. The van der Waals surface area contributed by atoms with Crippen molar-refractivity contribution in [1.29, 1.82) is 0 Å². The molecule has 3 aromatic rings. The maximum atomic E-state index is 13.6. The molecule has 1 aliphatic rings. The van der Waals surface area contributed by atoms with Crippen molar-refractivity contribution in [1.82, 2.24) is 5.32 Å². The van der Waals surface area contributed by atoms with Crippen molar-refractivity contribution >= 4 is 21.6 Å². The Bertz CT molecular complexity index is 1340. The van der Waals surface area contributed by atoms with Crippen LogP contribution in [0.15, 0.2) is 65.6 Å². The topological polar surface area (TPSA) is 94.2 Å². The number of benzene rings is 3. The van der Waals surface area contributed by atoms with Gasteiger partial charge in [-0.1, -0.05) is 29.8 Å². The molecule has 8 nitrogen and oxygen atoms in total. The van der Waals surface area contributed by atoms with Crippen LogP contribution >= 0.6 is 0 Å². The van der Waals surface area contributed by atoms with Gasteiger partial charge in [0, 0.05) is 6.54 Å². The second-order valence-corrected chi connectivity index (χ2v) is 10.2. The molecule has 0 unspecified atom stereocenters. The van der Waals surface area contributed by atoms with E-state index in [1.165, 1.54) is 11.4 Å². The summed E-state index contributed by atoms with van der Waals surface area (Å²) in [5.74, 6) is 1.05. The third kappa shape index (κ3) is 5.05. The Kier molecular flexibility index (Phi) is 6.88. The number of aryl methyl sites for hydroxylation is 2. The summed E-state index contributed by atoms with van der Waals surface area (Å²) in [4.78, 5) is 13.2. The number of methoxy groups -OCH3 is 2.